The number of hydrogen-bond donors (Lipinski definition) is 1. The molecule has 1 N–H and O–H groups in total. The Morgan fingerprint density at radius 3 is 2.65 bits per heavy atom. The van der Waals surface area contributed by atoms with Gasteiger partial charge in [-0.25, -0.2) is 4.98 Å². The van der Waals surface area contributed by atoms with E-state index in [4.69, 9.17) is 9.72 Å². The quantitative estimate of drug-likeness (QED) is 0.895. The van der Waals surface area contributed by atoms with Crippen molar-refractivity contribution in [2.45, 2.75) is 39.2 Å². The Morgan fingerprint density at radius 1 is 1.22 bits per heavy atom. The molecule has 0 aromatic carbocycles. The molecular formula is C17H29N5O. The summed E-state index contributed by atoms with van der Waals surface area (Å²) in [7, 11) is 0. The van der Waals surface area contributed by atoms with E-state index in [2.05, 4.69) is 33.9 Å². The number of anilines is 2. The van der Waals surface area contributed by atoms with Crippen molar-refractivity contribution in [1.82, 2.24) is 14.9 Å². The fourth-order valence-electron chi connectivity index (χ4n) is 3.38. The number of aryl methyl sites for hydroxylation is 1. The highest BCUT2D eigenvalue weighted by molar-refractivity contribution is 5.47. The van der Waals surface area contributed by atoms with Gasteiger partial charge in [-0.3, -0.25) is 4.90 Å². The van der Waals surface area contributed by atoms with E-state index < -0.39 is 0 Å². The average molecular weight is 319 g/mol. The third-order valence-corrected chi connectivity index (χ3v) is 4.81. The van der Waals surface area contributed by atoms with Gasteiger partial charge in [0.25, 0.3) is 0 Å². The minimum atomic E-state index is 0.693. The minimum absolute atomic E-state index is 0.693. The van der Waals surface area contributed by atoms with Gasteiger partial charge in [-0.1, -0.05) is 6.92 Å². The second-order valence-corrected chi connectivity index (χ2v) is 6.49. The zero-order chi connectivity index (χ0) is 16.1. The summed E-state index contributed by atoms with van der Waals surface area (Å²) in [5.74, 6) is 1.85. The van der Waals surface area contributed by atoms with Crippen molar-refractivity contribution in [3.05, 3.63) is 11.8 Å². The summed E-state index contributed by atoms with van der Waals surface area (Å²) < 4.78 is 5.46. The molecule has 0 amide bonds. The molecule has 2 fully saturated rings. The third-order valence-electron chi connectivity index (χ3n) is 4.81. The summed E-state index contributed by atoms with van der Waals surface area (Å²) in [5.41, 5.74) is 1.12. The lowest BCUT2D eigenvalue weighted by atomic mass is 10.0. The molecule has 0 radical (unpaired) electrons. The van der Waals surface area contributed by atoms with Crippen molar-refractivity contribution in [1.29, 1.82) is 0 Å². The topological polar surface area (TPSA) is 53.5 Å². The maximum absolute atomic E-state index is 5.46. The van der Waals surface area contributed by atoms with Gasteiger partial charge in [0.15, 0.2) is 0 Å². The van der Waals surface area contributed by atoms with E-state index in [-0.39, 0.29) is 0 Å². The van der Waals surface area contributed by atoms with Gasteiger partial charge in [0.2, 0.25) is 5.95 Å². The lowest BCUT2D eigenvalue weighted by molar-refractivity contribution is 0.0114. The SMILES string of the molecule is CCCNc1nc(N2CCC(N3CCOCC3)CC2)ncc1C. The van der Waals surface area contributed by atoms with Crippen LogP contribution in [0.4, 0.5) is 11.8 Å². The Morgan fingerprint density at radius 2 is 1.96 bits per heavy atom. The molecule has 6 nitrogen and oxygen atoms in total. The predicted molar refractivity (Wildman–Crippen MR) is 93.2 cm³/mol. The van der Waals surface area contributed by atoms with Gasteiger partial charge >= 0.3 is 0 Å². The fourth-order valence-corrected chi connectivity index (χ4v) is 3.38. The highest BCUT2D eigenvalue weighted by atomic mass is 16.5. The average Bonchev–Trinajstić information content (AvgIpc) is 2.62. The molecular weight excluding hydrogens is 290 g/mol. The van der Waals surface area contributed by atoms with Crippen LogP contribution in [-0.4, -0.2) is 66.8 Å². The van der Waals surface area contributed by atoms with Crippen LogP contribution in [0.25, 0.3) is 0 Å². The van der Waals surface area contributed by atoms with Crippen LogP contribution in [0, 0.1) is 6.92 Å². The molecule has 1 aromatic heterocycles. The number of hydrogen-bond acceptors (Lipinski definition) is 6. The molecule has 2 aliphatic heterocycles. The molecule has 3 heterocycles. The number of piperidine rings is 1. The molecule has 0 aliphatic carbocycles. The second kappa shape index (κ2) is 7.93. The number of ether oxygens (including phenoxy) is 1. The maximum atomic E-state index is 5.46. The Labute approximate surface area is 139 Å². The van der Waals surface area contributed by atoms with E-state index in [0.717, 1.165) is 69.7 Å². The Bertz CT molecular complexity index is 496. The summed E-state index contributed by atoms with van der Waals surface area (Å²) in [6, 6.07) is 0.693. The Kier molecular flexibility index (Phi) is 5.67. The molecule has 6 heteroatoms. The van der Waals surface area contributed by atoms with E-state index in [1.807, 2.05) is 6.20 Å². The predicted octanol–water partition coefficient (Wildman–Crippen LogP) is 1.91. The van der Waals surface area contributed by atoms with Crippen LogP contribution in [0.15, 0.2) is 6.20 Å². The van der Waals surface area contributed by atoms with Crippen molar-refractivity contribution in [2.24, 2.45) is 0 Å². The molecule has 2 aliphatic rings. The minimum Gasteiger partial charge on any atom is -0.379 e. The lowest BCUT2D eigenvalue weighted by Gasteiger charge is -2.40. The highest BCUT2D eigenvalue weighted by Gasteiger charge is 2.26. The van der Waals surface area contributed by atoms with E-state index in [0.29, 0.717) is 6.04 Å². The molecule has 1 aromatic rings. The Balaban J connectivity index is 1.58. The molecule has 0 saturated carbocycles. The van der Waals surface area contributed by atoms with E-state index >= 15 is 0 Å². The number of aromatic nitrogens is 2. The van der Waals surface area contributed by atoms with Crippen LogP contribution in [0.5, 0.6) is 0 Å². The summed E-state index contributed by atoms with van der Waals surface area (Å²) in [6.07, 6.45) is 5.42. The van der Waals surface area contributed by atoms with Crippen LogP contribution in [-0.2, 0) is 4.74 Å². The molecule has 128 valence electrons. The van der Waals surface area contributed by atoms with Gasteiger partial charge in [-0.15, -0.1) is 0 Å². The first-order chi connectivity index (χ1) is 11.3. The summed E-state index contributed by atoms with van der Waals surface area (Å²) in [5, 5.41) is 3.40. The molecule has 0 bridgehead atoms. The summed E-state index contributed by atoms with van der Waals surface area (Å²) >= 11 is 0. The summed E-state index contributed by atoms with van der Waals surface area (Å²) in [4.78, 5) is 14.2. The molecule has 0 unspecified atom stereocenters. The van der Waals surface area contributed by atoms with Gasteiger partial charge in [0, 0.05) is 50.5 Å². The van der Waals surface area contributed by atoms with Crippen molar-refractivity contribution in [3.63, 3.8) is 0 Å². The highest BCUT2D eigenvalue weighted by Crippen LogP contribution is 2.22. The standard InChI is InChI=1S/C17H29N5O/c1-3-6-18-16-14(2)13-19-17(20-16)22-7-4-15(5-8-22)21-9-11-23-12-10-21/h13,15H,3-12H2,1-2H3,(H,18,19,20). The normalized spacial score (nSPS) is 20.7. The number of rotatable bonds is 5. The van der Waals surface area contributed by atoms with Gasteiger partial charge in [-0.2, -0.15) is 4.98 Å². The Hall–Kier alpha value is -1.40. The monoisotopic (exact) mass is 319 g/mol. The molecule has 0 atom stereocenters. The van der Waals surface area contributed by atoms with Gasteiger partial charge in [0.1, 0.15) is 5.82 Å². The first-order valence-electron chi connectivity index (χ1n) is 8.92. The van der Waals surface area contributed by atoms with Crippen LogP contribution in [0.2, 0.25) is 0 Å². The molecule has 3 rings (SSSR count). The zero-order valence-corrected chi connectivity index (χ0v) is 14.4. The zero-order valence-electron chi connectivity index (χ0n) is 14.4. The molecule has 23 heavy (non-hydrogen) atoms. The maximum Gasteiger partial charge on any atom is 0.227 e. The van der Waals surface area contributed by atoms with Crippen molar-refractivity contribution >= 4 is 11.8 Å². The van der Waals surface area contributed by atoms with Gasteiger partial charge in [0.05, 0.1) is 13.2 Å². The summed E-state index contributed by atoms with van der Waals surface area (Å²) in [6.45, 7) is 11.2. The third kappa shape index (κ3) is 4.12. The fraction of sp³-hybridized carbons (Fsp3) is 0.765. The molecule has 0 spiro atoms. The lowest BCUT2D eigenvalue weighted by Crippen LogP contribution is -2.49. The van der Waals surface area contributed by atoms with E-state index in [9.17, 15) is 0 Å². The number of nitrogens with one attached hydrogen (secondary N) is 1. The largest absolute Gasteiger partial charge is 0.379 e. The van der Waals surface area contributed by atoms with E-state index in [1.54, 1.807) is 0 Å². The molecule has 2 saturated heterocycles. The van der Waals surface area contributed by atoms with Crippen molar-refractivity contribution in [2.75, 3.05) is 56.2 Å². The van der Waals surface area contributed by atoms with Crippen molar-refractivity contribution < 1.29 is 4.74 Å². The smallest absolute Gasteiger partial charge is 0.227 e. The second-order valence-electron chi connectivity index (χ2n) is 6.49. The van der Waals surface area contributed by atoms with Crippen LogP contribution in [0.1, 0.15) is 31.7 Å². The van der Waals surface area contributed by atoms with Gasteiger partial charge in [-0.05, 0) is 26.2 Å². The number of morpholine rings is 1. The van der Waals surface area contributed by atoms with Crippen LogP contribution < -0.4 is 10.2 Å². The van der Waals surface area contributed by atoms with E-state index in [1.165, 1.54) is 12.8 Å². The first-order valence-corrected chi connectivity index (χ1v) is 8.92. The first kappa shape index (κ1) is 16.5. The van der Waals surface area contributed by atoms with Gasteiger partial charge < -0.3 is 15.0 Å². The van der Waals surface area contributed by atoms with Crippen LogP contribution in [0.3, 0.4) is 0 Å². The van der Waals surface area contributed by atoms with Crippen LogP contribution >= 0.6 is 0 Å². The number of nitrogens with zero attached hydrogens (tertiary/aromatic N) is 4. The van der Waals surface area contributed by atoms with Crippen molar-refractivity contribution in [3.8, 4) is 0 Å².